The van der Waals surface area contributed by atoms with Gasteiger partial charge in [-0.1, -0.05) is 12.8 Å². The largest absolute Gasteiger partial charge is 0.370 e. The zero-order chi connectivity index (χ0) is 10.9. The van der Waals surface area contributed by atoms with Gasteiger partial charge in [-0.3, -0.25) is 0 Å². The van der Waals surface area contributed by atoms with Crippen molar-refractivity contribution in [3.05, 3.63) is 18.1 Å². The van der Waals surface area contributed by atoms with Crippen molar-refractivity contribution >= 4 is 17.4 Å². The van der Waals surface area contributed by atoms with Crippen LogP contribution in [0.1, 0.15) is 31.4 Å². The fourth-order valence-electron chi connectivity index (χ4n) is 1.34. The van der Waals surface area contributed by atoms with E-state index in [2.05, 4.69) is 15.3 Å². The van der Waals surface area contributed by atoms with Crippen molar-refractivity contribution < 1.29 is 0 Å². The molecule has 0 saturated heterocycles. The Labute approximate surface area is 96.3 Å². The number of rotatable bonds is 7. The molecule has 0 atom stereocenters. The van der Waals surface area contributed by atoms with Gasteiger partial charge in [-0.15, -0.1) is 11.6 Å². The van der Waals surface area contributed by atoms with Crippen LogP contribution in [0.5, 0.6) is 0 Å². The molecule has 0 aliphatic rings. The maximum atomic E-state index is 5.60. The minimum atomic E-state index is 0.776. The van der Waals surface area contributed by atoms with Crippen molar-refractivity contribution in [2.24, 2.45) is 0 Å². The van der Waals surface area contributed by atoms with Gasteiger partial charge < -0.3 is 5.32 Å². The fourth-order valence-corrected chi connectivity index (χ4v) is 1.53. The van der Waals surface area contributed by atoms with Crippen LogP contribution >= 0.6 is 11.6 Å². The SMILES string of the molecule is Cc1cc(NCCCCCCCl)ncn1. The number of alkyl halides is 1. The van der Waals surface area contributed by atoms with Gasteiger partial charge in [-0.05, 0) is 19.8 Å². The smallest absolute Gasteiger partial charge is 0.129 e. The van der Waals surface area contributed by atoms with Gasteiger partial charge in [-0.25, -0.2) is 9.97 Å². The van der Waals surface area contributed by atoms with E-state index in [0.717, 1.165) is 30.4 Å². The third-order valence-electron chi connectivity index (χ3n) is 2.17. The highest BCUT2D eigenvalue weighted by Gasteiger charge is 1.94. The topological polar surface area (TPSA) is 37.8 Å². The number of aromatic nitrogens is 2. The minimum Gasteiger partial charge on any atom is -0.370 e. The van der Waals surface area contributed by atoms with Crippen LogP contribution in [0.15, 0.2) is 12.4 Å². The molecule has 84 valence electrons. The highest BCUT2D eigenvalue weighted by molar-refractivity contribution is 6.17. The first-order valence-electron chi connectivity index (χ1n) is 5.41. The van der Waals surface area contributed by atoms with Crippen molar-refractivity contribution in [3.8, 4) is 0 Å². The van der Waals surface area contributed by atoms with Crippen LogP contribution in [0.4, 0.5) is 5.82 Å². The second-order valence-corrected chi connectivity index (χ2v) is 3.95. The highest BCUT2D eigenvalue weighted by Crippen LogP contribution is 2.05. The van der Waals surface area contributed by atoms with Gasteiger partial charge >= 0.3 is 0 Å². The lowest BCUT2D eigenvalue weighted by atomic mass is 10.2. The number of nitrogens with one attached hydrogen (secondary N) is 1. The second kappa shape index (κ2) is 7.46. The third-order valence-corrected chi connectivity index (χ3v) is 2.44. The van der Waals surface area contributed by atoms with E-state index in [4.69, 9.17) is 11.6 Å². The Morgan fingerprint density at radius 1 is 1.20 bits per heavy atom. The Morgan fingerprint density at radius 2 is 2.00 bits per heavy atom. The van der Waals surface area contributed by atoms with E-state index < -0.39 is 0 Å². The monoisotopic (exact) mass is 227 g/mol. The van der Waals surface area contributed by atoms with Gasteiger partial charge in [0.1, 0.15) is 12.1 Å². The number of anilines is 1. The van der Waals surface area contributed by atoms with Gasteiger partial charge in [0.25, 0.3) is 0 Å². The van der Waals surface area contributed by atoms with Crippen LogP contribution in [0, 0.1) is 6.92 Å². The van der Waals surface area contributed by atoms with Gasteiger partial charge in [-0.2, -0.15) is 0 Å². The maximum absolute atomic E-state index is 5.60. The molecule has 1 N–H and O–H groups in total. The molecule has 0 radical (unpaired) electrons. The van der Waals surface area contributed by atoms with Crippen molar-refractivity contribution in [1.29, 1.82) is 0 Å². The molecule has 3 nitrogen and oxygen atoms in total. The Hall–Kier alpha value is -0.830. The molecule has 4 heteroatoms. The summed E-state index contributed by atoms with van der Waals surface area (Å²) < 4.78 is 0. The quantitative estimate of drug-likeness (QED) is 0.575. The lowest BCUT2D eigenvalue weighted by Gasteiger charge is -2.05. The van der Waals surface area contributed by atoms with E-state index in [9.17, 15) is 0 Å². The number of hydrogen-bond donors (Lipinski definition) is 1. The molecule has 0 aliphatic carbocycles. The first kappa shape index (κ1) is 12.2. The molecule has 15 heavy (non-hydrogen) atoms. The molecule has 0 amide bonds. The summed E-state index contributed by atoms with van der Waals surface area (Å²) in [5.74, 6) is 1.69. The summed E-state index contributed by atoms with van der Waals surface area (Å²) in [6.07, 6.45) is 6.32. The number of aryl methyl sites for hydroxylation is 1. The lowest BCUT2D eigenvalue weighted by Crippen LogP contribution is -2.03. The standard InChI is InChI=1S/C11H18ClN3/c1-10-8-11(15-9-14-10)13-7-5-3-2-4-6-12/h8-9H,2-7H2,1H3,(H,13,14,15). The van der Waals surface area contributed by atoms with E-state index >= 15 is 0 Å². The summed E-state index contributed by atoms with van der Waals surface area (Å²) in [7, 11) is 0. The molecular formula is C11H18ClN3. The molecule has 1 aromatic heterocycles. The molecule has 0 unspecified atom stereocenters. The Balaban J connectivity index is 2.10. The average molecular weight is 228 g/mol. The molecule has 1 heterocycles. The van der Waals surface area contributed by atoms with Crippen LogP contribution in [-0.4, -0.2) is 22.4 Å². The van der Waals surface area contributed by atoms with Crippen molar-refractivity contribution in [2.75, 3.05) is 17.7 Å². The van der Waals surface area contributed by atoms with Gasteiger partial charge in [0.2, 0.25) is 0 Å². The van der Waals surface area contributed by atoms with Crippen LogP contribution < -0.4 is 5.32 Å². The van der Waals surface area contributed by atoms with E-state index in [0.29, 0.717) is 0 Å². The number of halogens is 1. The molecule has 0 saturated carbocycles. The zero-order valence-electron chi connectivity index (χ0n) is 9.17. The number of nitrogens with zero attached hydrogens (tertiary/aromatic N) is 2. The molecule has 0 aliphatic heterocycles. The van der Waals surface area contributed by atoms with Gasteiger partial charge in [0, 0.05) is 24.2 Å². The Bertz CT molecular complexity index is 278. The van der Waals surface area contributed by atoms with E-state index in [-0.39, 0.29) is 0 Å². The maximum Gasteiger partial charge on any atom is 0.129 e. The minimum absolute atomic E-state index is 0.776. The van der Waals surface area contributed by atoms with Crippen LogP contribution in [0.2, 0.25) is 0 Å². The predicted octanol–water partition coefficient (Wildman–Crippen LogP) is 3.00. The molecule has 1 rings (SSSR count). The third kappa shape index (κ3) is 5.57. The van der Waals surface area contributed by atoms with Crippen LogP contribution in [0.3, 0.4) is 0 Å². The summed E-state index contributed by atoms with van der Waals surface area (Å²) in [6, 6.07) is 1.96. The van der Waals surface area contributed by atoms with Crippen molar-refractivity contribution in [3.63, 3.8) is 0 Å². The molecular weight excluding hydrogens is 210 g/mol. The molecule has 0 spiro atoms. The number of hydrogen-bond acceptors (Lipinski definition) is 3. The van der Waals surface area contributed by atoms with E-state index in [1.807, 2.05) is 13.0 Å². The lowest BCUT2D eigenvalue weighted by molar-refractivity contribution is 0.686. The normalized spacial score (nSPS) is 10.3. The number of unbranched alkanes of at least 4 members (excludes halogenated alkanes) is 3. The van der Waals surface area contributed by atoms with Crippen molar-refractivity contribution in [1.82, 2.24) is 9.97 Å². The summed E-state index contributed by atoms with van der Waals surface area (Å²) in [5.41, 5.74) is 0.995. The summed E-state index contributed by atoms with van der Waals surface area (Å²) in [5, 5.41) is 3.28. The van der Waals surface area contributed by atoms with Crippen molar-refractivity contribution in [2.45, 2.75) is 32.6 Å². The summed E-state index contributed by atoms with van der Waals surface area (Å²) in [4.78, 5) is 8.17. The Kier molecular flexibility index (Phi) is 6.09. The first-order chi connectivity index (χ1) is 7.33. The molecule has 1 aromatic rings. The molecule has 0 bridgehead atoms. The molecule has 0 aromatic carbocycles. The Morgan fingerprint density at radius 3 is 2.73 bits per heavy atom. The van der Waals surface area contributed by atoms with E-state index in [1.54, 1.807) is 6.33 Å². The zero-order valence-corrected chi connectivity index (χ0v) is 9.93. The first-order valence-corrected chi connectivity index (χ1v) is 5.95. The van der Waals surface area contributed by atoms with Gasteiger partial charge in [0.05, 0.1) is 0 Å². The fraction of sp³-hybridized carbons (Fsp3) is 0.636. The van der Waals surface area contributed by atoms with Gasteiger partial charge in [0.15, 0.2) is 0 Å². The molecule has 0 fully saturated rings. The predicted molar refractivity (Wildman–Crippen MR) is 64.4 cm³/mol. The van der Waals surface area contributed by atoms with E-state index in [1.165, 1.54) is 19.3 Å². The summed E-state index contributed by atoms with van der Waals surface area (Å²) in [6.45, 7) is 2.94. The highest BCUT2D eigenvalue weighted by atomic mass is 35.5. The summed E-state index contributed by atoms with van der Waals surface area (Å²) >= 11 is 5.60. The van der Waals surface area contributed by atoms with Crippen LogP contribution in [0.25, 0.3) is 0 Å². The average Bonchev–Trinajstić information content (AvgIpc) is 2.23. The second-order valence-electron chi connectivity index (χ2n) is 3.57. The van der Waals surface area contributed by atoms with Crippen LogP contribution in [-0.2, 0) is 0 Å².